The number of aromatic hydroxyl groups is 3. The van der Waals surface area contributed by atoms with Crippen molar-refractivity contribution in [1.29, 1.82) is 5.26 Å². The minimum absolute atomic E-state index is 0.0141. The van der Waals surface area contributed by atoms with Gasteiger partial charge in [0.05, 0.1) is 50.0 Å². The van der Waals surface area contributed by atoms with Crippen LogP contribution in [0, 0.1) is 25.2 Å². The van der Waals surface area contributed by atoms with Gasteiger partial charge in [-0.3, -0.25) is 19.4 Å². The number of phenolic OH excluding ortho intramolecular Hbond substituents is 3. The summed E-state index contributed by atoms with van der Waals surface area (Å²) in [6, 6.07) is 8.33. The highest BCUT2D eigenvalue weighted by Gasteiger charge is 2.54. The zero-order valence-electron chi connectivity index (χ0n) is 25.5. The number of likely N-dealkylation sites (N-methyl/N-ethyl adjacent to an activating group) is 1. The Hall–Kier alpha value is -5.21. The van der Waals surface area contributed by atoms with Crippen LogP contribution >= 0.6 is 0 Å². The van der Waals surface area contributed by atoms with Crippen LogP contribution in [0.1, 0.15) is 66.2 Å². The number of methoxy groups -OCH3 is 2. The van der Waals surface area contributed by atoms with E-state index in [2.05, 4.69) is 6.07 Å². The summed E-state index contributed by atoms with van der Waals surface area (Å²) in [5.41, 5.74) is 4.20. The molecule has 0 aliphatic carbocycles. The van der Waals surface area contributed by atoms with Crippen LogP contribution in [0.4, 0.5) is 0 Å². The number of imide groups is 1. The van der Waals surface area contributed by atoms with E-state index in [4.69, 9.17) is 9.47 Å². The number of nitrogens with zero attached hydrogens (tertiary/aromatic N) is 4. The van der Waals surface area contributed by atoms with Crippen molar-refractivity contribution in [1.82, 2.24) is 14.7 Å². The molecular formula is C34H32N4O7. The van der Waals surface area contributed by atoms with Gasteiger partial charge in [-0.15, -0.1) is 0 Å². The highest BCUT2D eigenvalue weighted by molar-refractivity contribution is 6.21. The predicted molar refractivity (Wildman–Crippen MR) is 162 cm³/mol. The molecule has 0 saturated carbocycles. The summed E-state index contributed by atoms with van der Waals surface area (Å²) in [5, 5.41) is 45.5. The second-order valence-electron chi connectivity index (χ2n) is 12.0. The molecule has 1 saturated heterocycles. The average Bonchev–Trinajstić information content (AvgIpc) is 3.25. The first-order chi connectivity index (χ1) is 21.5. The van der Waals surface area contributed by atoms with Crippen LogP contribution in [0.5, 0.6) is 28.7 Å². The van der Waals surface area contributed by atoms with Crippen molar-refractivity contribution < 1.29 is 34.4 Å². The minimum atomic E-state index is -0.943. The zero-order valence-corrected chi connectivity index (χ0v) is 25.5. The van der Waals surface area contributed by atoms with E-state index in [1.807, 2.05) is 29.8 Å². The van der Waals surface area contributed by atoms with Crippen LogP contribution in [0.15, 0.2) is 36.0 Å². The number of aryl methyl sites for hydroxylation is 1. The van der Waals surface area contributed by atoms with E-state index >= 15 is 0 Å². The molecule has 2 bridgehead atoms. The predicted octanol–water partition coefficient (Wildman–Crippen LogP) is 3.93. The molecule has 7 rings (SSSR count). The summed E-state index contributed by atoms with van der Waals surface area (Å²) >= 11 is 0. The van der Waals surface area contributed by atoms with Crippen LogP contribution in [0.3, 0.4) is 0 Å². The molecule has 4 aliphatic rings. The number of rotatable bonds is 4. The normalized spacial score (nSPS) is 23.1. The molecule has 4 aliphatic heterocycles. The summed E-state index contributed by atoms with van der Waals surface area (Å²) in [6.45, 7) is 3.26. The number of ether oxygens (including phenoxy) is 2. The highest BCUT2D eigenvalue weighted by Crippen LogP contribution is 2.58. The van der Waals surface area contributed by atoms with Crippen molar-refractivity contribution in [2.45, 2.75) is 44.4 Å². The smallest absolute Gasteiger partial charge is 0.261 e. The van der Waals surface area contributed by atoms with Crippen molar-refractivity contribution in [2.75, 3.05) is 27.8 Å². The van der Waals surface area contributed by atoms with Crippen molar-refractivity contribution in [3.63, 3.8) is 0 Å². The second-order valence-corrected chi connectivity index (χ2v) is 12.0. The van der Waals surface area contributed by atoms with Gasteiger partial charge in [0, 0.05) is 34.0 Å². The Balaban J connectivity index is 1.49. The second kappa shape index (κ2) is 9.90. The van der Waals surface area contributed by atoms with Gasteiger partial charge in [-0.25, -0.2) is 0 Å². The number of phenols is 3. The number of hydrogen-bond acceptors (Lipinski definition) is 10. The lowest BCUT2D eigenvalue weighted by molar-refractivity contribution is 0.0111. The molecule has 4 heterocycles. The molecule has 4 atom stereocenters. The molecule has 45 heavy (non-hydrogen) atoms. The molecular weight excluding hydrogens is 576 g/mol. The summed E-state index contributed by atoms with van der Waals surface area (Å²) in [7, 11) is 4.76. The number of benzene rings is 3. The summed E-state index contributed by atoms with van der Waals surface area (Å²) in [5.74, 6) is -0.972. The van der Waals surface area contributed by atoms with Gasteiger partial charge in [-0.2, -0.15) is 5.26 Å². The summed E-state index contributed by atoms with van der Waals surface area (Å²) in [4.78, 5) is 32.2. The molecule has 0 spiro atoms. The van der Waals surface area contributed by atoms with Gasteiger partial charge >= 0.3 is 0 Å². The van der Waals surface area contributed by atoms with Gasteiger partial charge in [0.25, 0.3) is 11.8 Å². The molecule has 0 radical (unpaired) electrons. The molecule has 3 aromatic rings. The average molecular weight is 609 g/mol. The maximum Gasteiger partial charge on any atom is 0.261 e. The monoisotopic (exact) mass is 608 g/mol. The first kappa shape index (κ1) is 28.6. The highest BCUT2D eigenvalue weighted by atomic mass is 16.5. The Morgan fingerprint density at radius 2 is 1.58 bits per heavy atom. The Bertz CT molecular complexity index is 1880. The van der Waals surface area contributed by atoms with Crippen LogP contribution in [-0.4, -0.2) is 81.7 Å². The number of hydrogen-bond donors (Lipinski definition) is 3. The molecule has 3 N–H and O–H groups in total. The number of nitriles is 1. The number of carbonyl (C=O) groups is 2. The third-order valence-corrected chi connectivity index (χ3v) is 9.89. The lowest BCUT2D eigenvalue weighted by Gasteiger charge is -2.57. The zero-order chi connectivity index (χ0) is 32.1. The van der Waals surface area contributed by atoms with Crippen molar-refractivity contribution in [3.8, 4) is 34.8 Å². The Labute approximate surface area is 259 Å². The maximum absolute atomic E-state index is 13.6. The van der Waals surface area contributed by atoms with Gasteiger partial charge in [-0.1, -0.05) is 18.2 Å². The molecule has 11 heteroatoms. The van der Waals surface area contributed by atoms with Gasteiger partial charge in [-0.05, 0) is 56.7 Å². The third-order valence-electron chi connectivity index (χ3n) is 9.89. The third kappa shape index (κ3) is 3.66. The molecule has 2 amide bonds. The summed E-state index contributed by atoms with van der Waals surface area (Å²) in [6.07, 6.45) is 2.15. The van der Waals surface area contributed by atoms with Crippen LogP contribution in [0.25, 0.3) is 6.08 Å². The van der Waals surface area contributed by atoms with E-state index < -0.39 is 29.9 Å². The van der Waals surface area contributed by atoms with Crippen LogP contribution in [0.2, 0.25) is 0 Å². The van der Waals surface area contributed by atoms with E-state index in [1.54, 1.807) is 37.3 Å². The Morgan fingerprint density at radius 1 is 0.956 bits per heavy atom. The van der Waals surface area contributed by atoms with Crippen molar-refractivity contribution in [3.05, 3.63) is 80.5 Å². The number of fused-ring (bicyclic) bond motifs is 8. The van der Waals surface area contributed by atoms with Gasteiger partial charge < -0.3 is 29.7 Å². The van der Waals surface area contributed by atoms with E-state index in [-0.39, 0.29) is 57.8 Å². The van der Waals surface area contributed by atoms with E-state index in [0.29, 0.717) is 29.0 Å². The fourth-order valence-corrected chi connectivity index (χ4v) is 7.86. The maximum atomic E-state index is 13.6. The van der Waals surface area contributed by atoms with Gasteiger partial charge in [0.15, 0.2) is 23.0 Å². The van der Waals surface area contributed by atoms with E-state index in [0.717, 1.165) is 16.0 Å². The first-order valence-electron chi connectivity index (χ1n) is 14.6. The molecule has 0 aromatic heterocycles. The summed E-state index contributed by atoms with van der Waals surface area (Å²) < 4.78 is 11.1. The van der Waals surface area contributed by atoms with Crippen molar-refractivity contribution >= 4 is 17.9 Å². The number of piperazine rings is 1. The first-order valence-corrected chi connectivity index (χ1v) is 14.6. The molecule has 11 nitrogen and oxygen atoms in total. The van der Waals surface area contributed by atoms with Crippen LogP contribution in [-0.2, 0) is 6.42 Å². The number of carbonyl (C=O) groups excluding carboxylic acids is 2. The fraction of sp³-hybridized carbons (Fsp3) is 0.324. The Kier molecular flexibility index (Phi) is 6.28. The lowest BCUT2D eigenvalue weighted by atomic mass is 9.75. The van der Waals surface area contributed by atoms with Gasteiger partial charge in [0.1, 0.15) is 11.8 Å². The standard InChI is InChI=1S/C34H32N4O7/c1-15-10-17-11-21-23(13-35)38-22(27(36(21)3)25(17)29(40)31(15)44-4)12-20-26(30(41)32(45-5)16(2)28(20)39)24(38)14-37-33(42)18-8-6-7-9-19(18)34(37)43/h6-10,12,21,23-24,27,39-41H,11,14H2,1-5H3/t21-,23?,24-,27-/m0/s1. The molecule has 1 unspecified atom stereocenters. The van der Waals surface area contributed by atoms with Crippen LogP contribution < -0.4 is 9.47 Å². The van der Waals surface area contributed by atoms with E-state index in [1.165, 1.54) is 14.2 Å². The van der Waals surface area contributed by atoms with E-state index in [9.17, 15) is 30.2 Å². The van der Waals surface area contributed by atoms with Crippen molar-refractivity contribution in [2.24, 2.45) is 0 Å². The largest absolute Gasteiger partial charge is 0.507 e. The molecule has 1 fully saturated rings. The SMILES string of the molecule is COc1c(C)cc2c(c1O)[C@@H]1C3=Cc4c(O)c(C)c(OC)c(O)c4[C@H](CN4C(=O)c5ccccc5C4=O)N3C(C#N)[C@H](C2)N1C. The number of amides is 2. The fourth-order valence-electron chi connectivity index (χ4n) is 7.86. The molecule has 230 valence electrons. The topological polar surface area (TPSA) is 147 Å². The minimum Gasteiger partial charge on any atom is -0.507 e. The quantitative estimate of drug-likeness (QED) is 0.294. The molecule has 3 aromatic carbocycles. The Morgan fingerprint density at radius 3 is 2.18 bits per heavy atom. The van der Waals surface area contributed by atoms with Gasteiger partial charge in [0.2, 0.25) is 0 Å². The lowest BCUT2D eigenvalue weighted by Crippen LogP contribution is -2.62.